The van der Waals surface area contributed by atoms with Gasteiger partial charge in [-0.2, -0.15) is 0 Å². The minimum atomic E-state index is -3.37. The van der Waals surface area contributed by atoms with Gasteiger partial charge >= 0.3 is 0 Å². The number of hydrogen-bond donors (Lipinski definition) is 1. The quantitative estimate of drug-likeness (QED) is 0.669. The number of carbonyl (C=O) groups is 1. The predicted octanol–water partition coefficient (Wildman–Crippen LogP) is 3.84. The summed E-state index contributed by atoms with van der Waals surface area (Å²) < 4.78 is 27.1. The highest BCUT2D eigenvalue weighted by Crippen LogP contribution is 2.23. The van der Waals surface area contributed by atoms with E-state index in [1.165, 1.54) is 29.3 Å². The van der Waals surface area contributed by atoms with Gasteiger partial charge in [-0.3, -0.25) is 4.79 Å². The highest BCUT2D eigenvalue weighted by atomic mass is 32.2. The lowest BCUT2D eigenvalue weighted by Gasteiger charge is -2.30. The van der Waals surface area contributed by atoms with E-state index in [1.807, 2.05) is 31.2 Å². The third-order valence-electron chi connectivity index (χ3n) is 6.81. The van der Waals surface area contributed by atoms with Crippen LogP contribution in [-0.4, -0.2) is 44.8 Å². The first-order chi connectivity index (χ1) is 15.9. The maximum atomic E-state index is 12.8. The van der Waals surface area contributed by atoms with Crippen LogP contribution in [0.3, 0.4) is 0 Å². The number of hydrogen-bond acceptors (Lipinski definition) is 4. The predicted molar refractivity (Wildman–Crippen MR) is 132 cm³/mol. The van der Waals surface area contributed by atoms with Crippen molar-refractivity contribution >= 4 is 21.6 Å². The molecule has 0 spiro atoms. The molecule has 2 aliphatic rings. The topological polar surface area (TPSA) is 69.7 Å². The molecule has 0 saturated carbocycles. The first-order valence-corrected chi connectivity index (χ1v) is 13.7. The smallest absolute Gasteiger partial charge is 0.223 e. The third-order valence-corrected chi connectivity index (χ3v) is 8.66. The van der Waals surface area contributed by atoms with Gasteiger partial charge in [-0.1, -0.05) is 42.0 Å². The van der Waals surface area contributed by atoms with Crippen LogP contribution in [0.4, 0.5) is 5.69 Å². The summed E-state index contributed by atoms with van der Waals surface area (Å²) in [7, 11) is -3.37. The second-order valence-corrected chi connectivity index (χ2v) is 11.3. The lowest BCUT2D eigenvalue weighted by molar-refractivity contribution is -0.126. The number of nitrogens with one attached hydrogen (secondary N) is 1. The molecule has 178 valence electrons. The SMILES string of the molecule is Cc1ccc(CS(=O)(=O)N2CCC(C(=O)NCc3ccc(N4CCCCC4)cc3)CC2)cc1. The highest BCUT2D eigenvalue weighted by Gasteiger charge is 2.31. The van der Waals surface area contributed by atoms with Crippen molar-refractivity contribution in [3.8, 4) is 0 Å². The maximum Gasteiger partial charge on any atom is 0.223 e. The van der Waals surface area contributed by atoms with E-state index in [2.05, 4.69) is 34.5 Å². The molecule has 2 saturated heterocycles. The van der Waals surface area contributed by atoms with Gasteiger partial charge in [0.2, 0.25) is 15.9 Å². The van der Waals surface area contributed by atoms with E-state index in [1.54, 1.807) is 0 Å². The van der Waals surface area contributed by atoms with Crippen LogP contribution in [0.25, 0.3) is 0 Å². The van der Waals surface area contributed by atoms with Crippen LogP contribution >= 0.6 is 0 Å². The molecule has 0 aliphatic carbocycles. The zero-order valence-corrected chi connectivity index (χ0v) is 20.3. The van der Waals surface area contributed by atoms with Gasteiger partial charge in [-0.05, 0) is 62.3 Å². The molecule has 1 amide bonds. The standard InChI is InChI=1S/C26H35N3O3S/c1-21-5-7-23(8-6-21)20-33(31,32)29-17-13-24(14-18-29)26(30)27-19-22-9-11-25(12-10-22)28-15-3-2-4-16-28/h5-12,24H,2-4,13-20H2,1H3,(H,27,30). The van der Waals surface area contributed by atoms with Crippen molar-refractivity contribution in [3.63, 3.8) is 0 Å². The first kappa shape index (κ1) is 23.8. The van der Waals surface area contributed by atoms with Gasteiger partial charge in [0, 0.05) is 44.3 Å². The second kappa shape index (κ2) is 10.7. The Morgan fingerprint density at radius 3 is 2.12 bits per heavy atom. The number of benzene rings is 2. The van der Waals surface area contributed by atoms with E-state index >= 15 is 0 Å². The fourth-order valence-corrected chi connectivity index (χ4v) is 6.26. The Bertz CT molecular complexity index is 1020. The molecule has 2 aromatic carbocycles. The van der Waals surface area contributed by atoms with Gasteiger partial charge in [0.05, 0.1) is 5.75 Å². The Hall–Kier alpha value is -2.38. The lowest BCUT2D eigenvalue weighted by atomic mass is 9.97. The summed E-state index contributed by atoms with van der Waals surface area (Å²) in [6.07, 6.45) is 4.95. The van der Waals surface area contributed by atoms with Gasteiger partial charge < -0.3 is 10.2 Å². The number of amides is 1. The minimum absolute atomic E-state index is 0.0115. The lowest BCUT2D eigenvalue weighted by Crippen LogP contribution is -2.43. The van der Waals surface area contributed by atoms with Crippen molar-refractivity contribution in [3.05, 3.63) is 65.2 Å². The molecule has 6 nitrogen and oxygen atoms in total. The molecule has 7 heteroatoms. The van der Waals surface area contributed by atoms with Gasteiger partial charge in [-0.25, -0.2) is 12.7 Å². The summed E-state index contributed by atoms with van der Waals surface area (Å²) >= 11 is 0. The van der Waals surface area contributed by atoms with Crippen LogP contribution < -0.4 is 10.2 Å². The summed E-state index contributed by atoms with van der Waals surface area (Å²) in [6.45, 7) is 5.53. The molecule has 1 N–H and O–H groups in total. The van der Waals surface area contributed by atoms with Gasteiger partial charge in [0.25, 0.3) is 0 Å². The Morgan fingerprint density at radius 2 is 1.48 bits per heavy atom. The van der Waals surface area contributed by atoms with Crippen LogP contribution in [0.1, 0.15) is 48.8 Å². The average molecular weight is 470 g/mol. The van der Waals surface area contributed by atoms with Crippen LogP contribution in [0.2, 0.25) is 0 Å². The summed E-state index contributed by atoms with van der Waals surface area (Å²) in [6, 6.07) is 16.1. The molecule has 0 aromatic heterocycles. The second-order valence-electron chi connectivity index (χ2n) is 9.35. The van der Waals surface area contributed by atoms with E-state index < -0.39 is 10.0 Å². The normalized spacial score (nSPS) is 18.3. The summed E-state index contributed by atoms with van der Waals surface area (Å²) in [4.78, 5) is 15.1. The number of carbonyl (C=O) groups excluding carboxylic acids is 1. The molecule has 0 atom stereocenters. The number of anilines is 1. The van der Waals surface area contributed by atoms with E-state index in [0.29, 0.717) is 32.5 Å². The van der Waals surface area contributed by atoms with Crippen LogP contribution in [-0.2, 0) is 27.1 Å². The third kappa shape index (κ3) is 6.36. The molecule has 2 aromatic rings. The van der Waals surface area contributed by atoms with Crippen molar-refractivity contribution in [2.45, 2.75) is 51.3 Å². The number of rotatable bonds is 7. The molecule has 0 radical (unpaired) electrons. The number of aryl methyl sites for hydroxylation is 1. The monoisotopic (exact) mass is 469 g/mol. The van der Waals surface area contributed by atoms with Gasteiger partial charge in [0.15, 0.2) is 0 Å². The van der Waals surface area contributed by atoms with E-state index in [4.69, 9.17) is 0 Å². The Kier molecular flexibility index (Phi) is 7.71. The number of sulfonamides is 1. The largest absolute Gasteiger partial charge is 0.372 e. The Labute approximate surface area is 198 Å². The van der Waals surface area contributed by atoms with Crippen molar-refractivity contribution in [1.82, 2.24) is 9.62 Å². The zero-order valence-electron chi connectivity index (χ0n) is 19.5. The highest BCUT2D eigenvalue weighted by molar-refractivity contribution is 7.88. The number of nitrogens with zero attached hydrogens (tertiary/aromatic N) is 2. The Morgan fingerprint density at radius 1 is 0.879 bits per heavy atom. The summed E-state index contributed by atoms with van der Waals surface area (Å²) in [5.41, 5.74) is 4.25. The van der Waals surface area contributed by atoms with Crippen LogP contribution in [0.5, 0.6) is 0 Å². The fourth-order valence-electron chi connectivity index (χ4n) is 4.69. The molecule has 0 bridgehead atoms. The summed E-state index contributed by atoms with van der Waals surface area (Å²) in [5, 5.41) is 3.05. The van der Waals surface area contributed by atoms with Crippen molar-refractivity contribution < 1.29 is 13.2 Å². The van der Waals surface area contributed by atoms with E-state index in [0.717, 1.165) is 29.8 Å². The molecule has 2 aliphatic heterocycles. The molecule has 2 heterocycles. The molecular weight excluding hydrogens is 434 g/mol. The molecular formula is C26H35N3O3S. The fraction of sp³-hybridized carbons (Fsp3) is 0.500. The van der Waals surface area contributed by atoms with Crippen molar-refractivity contribution in [1.29, 1.82) is 0 Å². The molecule has 2 fully saturated rings. The van der Waals surface area contributed by atoms with Crippen LogP contribution in [0, 0.1) is 12.8 Å². The van der Waals surface area contributed by atoms with Crippen molar-refractivity contribution in [2.24, 2.45) is 5.92 Å². The minimum Gasteiger partial charge on any atom is -0.372 e. The Balaban J connectivity index is 1.23. The zero-order chi connectivity index (χ0) is 23.3. The van der Waals surface area contributed by atoms with Gasteiger partial charge in [-0.15, -0.1) is 0 Å². The molecule has 33 heavy (non-hydrogen) atoms. The van der Waals surface area contributed by atoms with Crippen molar-refractivity contribution in [2.75, 3.05) is 31.1 Å². The number of piperidine rings is 2. The van der Waals surface area contributed by atoms with E-state index in [9.17, 15) is 13.2 Å². The van der Waals surface area contributed by atoms with E-state index in [-0.39, 0.29) is 17.6 Å². The molecule has 4 rings (SSSR count). The van der Waals surface area contributed by atoms with Gasteiger partial charge in [0.1, 0.15) is 0 Å². The molecule has 0 unspecified atom stereocenters. The maximum absolute atomic E-state index is 12.8. The average Bonchev–Trinajstić information content (AvgIpc) is 2.85. The summed E-state index contributed by atoms with van der Waals surface area (Å²) in [5.74, 6) is -0.105. The van der Waals surface area contributed by atoms with Crippen LogP contribution in [0.15, 0.2) is 48.5 Å². The first-order valence-electron chi connectivity index (χ1n) is 12.1.